The number of hydrogen-bond donors (Lipinski definition) is 2. The Labute approximate surface area is 196 Å². The summed E-state index contributed by atoms with van der Waals surface area (Å²) >= 11 is -1.62. The average Bonchev–Trinajstić information content (AvgIpc) is 2.74. The summed E-state index contributed by atoms with van der Waals surface area (Å²) in [4.78, 5) is 28.8. The van der Waals surface area contributed by atoms with E-state index < -0.39 is 39.3 Å². The van der Waals surface area contributed by atoms with Crippen LogP contribution in [0, 0.1) is 17.7 Å². The Bertz CT molecular complexity index is 1070. The maximum absolute atomic E-state index is 14.9. The Balaban J connectivity index is 2.38. The molecule has 0 saturated carbocycles. The second-order valence-corrected chi connectivity index (χ2v) is 10.5. The van der Waals surface area contributed by atoms with Crippen molar-refractivity contribution < 1.29 is 23.3 Å². The molecule has 1 amide bonds. The van der Waals surface area contributed by atoms with Crippen LogP contribution in [0.25, 0.3) is 0 Å². The van der Waals surface area contributed by atoms with Gasteiger partial charge >= 0.3 is 5.97 Å². The van der Waals surface area contributed by atoms with E-state index in [9.17, 15) is 18.5 Å². The normalized spacial score (nSPS) is 13.8. The van der Waals surface area contributed by atoms with Crippen molar-refractivity contribution in [3.63, 3.8) is 0 Å². The van der Waals surface area contributed by atoms with Crippen LogP contribution in [0.5, 0.6) is 0 Å². The van der Waals surface area contributed by atoms with Crippen molar-refractivity contribution in [2.45, 2.75) is 51.3 Å². The molecule has 176 valence electrons. The lowest BCUT2D eigenvalue weighted by Crippen LogP contribution is -2.51. The highest BCUT2D eigenvalue weighted by Gasteiger charge is 2.41. The summed E-state index contributed by atoms with van der Waals surface area (Å²) in [6, 6.07) is 7.19. The lowest BCUT2D eigenvalue weighted by molar-refractivity contribution is -0.142. The quantitative estimate of drug-likeness (QED) is 0.361. The molecule has 1 aromatic heterocycles. The van der Waals surface area contributed by atoms with Gasteiger partial charge in [0, 0.05) is 34.4 Å². The van der Waals surface area contributed by atoms with Gasteiger partial charge in [0.15, 0.2) is 0 Å². The summed E-state index contributed by atoms with van der Waals surface area (Å²) < 4.78 is 34.7. The SMILES string of the molecule is CC#Cc1ccc(C(=O)Nc2ccc(F)c(C(C)(CC(=O)OC)N[S+]([O-])C(C)(C)C)c2)nc1. The first kappa shape index (κ1) is 26.3. The van der Waals surface area contributed by atoms with Gasteiger partial charge in [0.05, 0.1) is 19.1 Å². The molecule has 0 saturated heterocycles. The molecule has 0 aliphatic heterocycles. The third-order valence-electron chi connectivity index (χ3n) is 4.68. The lowest BCUT2D eigenvalue weighted by atomic mass is 9.89. The monoisotopic (exact) mass is 473 g/mol. The van der Waals surface area contributed by atoms with E-state index in [2.05, 4.69) is 26.9 Å². The second-order valence-electron chi connectivity index (χ2n) is 8.52. The number of methoxy groups -OCH3 is 1. The summed E-state index contributed by atoms with van der Waals surface area (Å²) in [5, 5.41) is 2.68. The predicted molar refractivity (Wildman–Crippen MR) is 126 cm³/mol. The number of esters is 1. The molecule has 1 heterocycles. The fraction of sp³-hybridized carbons (Fsp3) is 0.375. The smallest absolute Gasteiger partial charge is 0.307 e. The fourth-order valence-electron chi connectivity index (χ4n) is 2.87. The number of halogens is 1. The van der Waals surface area contributed by atoms with Crippen LogP contribution in [0.2, 0.25) is 0 Å². The van der Waals surface area contributed by atoms with Gasteiger partial charge in [0.1, 0.15) is 16.3 Å². The van der Waals surface area contributed by atoms with E-state index in [1.165, 1.54) is 37.6 Å². The number of carbonyl (C=O) groups excluding carboxylic acids is 2. The molecule has 2 atom stereocenters. The molecule has 0 fully saturated rings. The highest BCUT2D eigenvalue weighted by molar-refractivity contribution is 7.90. The van der Waals surface area contributed by atoms with E-state index in [1.54, 1.807) is 40.7 Å². The number of amides is 1. The van der Waals surface area contributed by atoms with Crippen molar-refractivity contribution >= 4 is 28.9 Å². The average molecular weight is 474 g/mol. The summed E-state index contributed by atoms with van der Waals surface area (Å²) in [7, 11) is 1.22. The zero-order chi connectivity index (χ0) is 24.8. The minimum Gasteiger partial charge on any atom is -0.598 e. The van der Waals surface area contributed by atoms with Gasteiger partial charge in [-0.1, -0.05) is 5.92 Å². The first-order valence-electron chi connectivity index (χ1n) is 10.2. The Morgan fingerprint density at radius 3 is 2.45 bits per heavy atom. The highest BCUT2D eigenvalue weighted by atomic mass is 32.2. The minimum absolute atomic E-state index is 0.0600. The van der Waals surface area contributed by atoms with Gasteiger partial charge in [-0.3, -0.25) is 9.59 Å². The van der Waals surface area contributed by atoms with Crippen molar-refractivity contribution in [1.82, 2.24) is 9.71 Å². The number of anilines is 1. The first-order chi connectivity index (χ1) is 15.4. The molecule has 2 rings (SSSR count). The van der Waals surface area contributed by atoms with Crippen LogP contribution in [0.4, 0.5) is 10.1 Å². The van der Waals surface area contributed by atoms with E-state index in [0.717, 1.165) is 0 Å². The molecule has 2 aromatic rings. The van der Waals surface area contributed by atoms with Crippen molar-refractivity contribution in [3.8, 4) is 11.8 Å². The number of benzene rings is 1. The fourth-order valence-corrected chi connectivity index (χ4v) is 3.77. The maximum atomic E-state index is 14.9. The molecule has 9 heteroatoms. The third kappa shape index (κ3) is 7.02. The second kappa shape index (κ2) is 10.8. The van der Waals surface area contributed by atoms with Gasteiger partial charge in [0.2, 0.25) is 0 Å². The molecular weight excluding hydrogens is 445 g/mol. The highest BCUT2D eigenvalue weighted by Crippen LogP contribution is 2.32. The summed E-state index contributed by atoms with van der Waals surface area (Å²) in [5.41, 5.74) is -0.185. The van der Waals surface area contributed by atoms with Crippen LogP contribution >= 0.6 is 0 Å². The Morgan fingerprint density at radius 1 is 1.21 bits per heavy atom. The third-order valence-corrected chi connectivity index (χ3v) is 6.43. The maximum Gasteiger partial charge on any atom is 0.307 e. The summed E-state index contributed by atoms with van der Waals surface area (Å²) in [5.74, 6) is 3.87. The van der Waals surface area contributed by atoms with Crippen LogP contribution < -0.4 is 10.0 Å². The lowest BCUT2D eigenvalue weighted by Gasteiger charge is -2.35. The topological polar surface area (TPSA) is 103 Å². The van der Waals surface area contributed by atoms with Crippen LogP contribution in [-0.2, 0) is 26.4 Å². The van der Waals surface area contributed by atoms with Crippen LogP contribution in [0.1, 0.15) is 62.7 Å². The van der Waals surface area contributed by atoms with Crippen molar-refractivity contribution in [2.75, 3.05) is 12.4 Å². The standard InChI is InChI=1S/C24H28FN3O4S/c1-7-8-16-9-12-20(26-15-16)22(30)27-17-10-11-19(25)18(13-17)24(5,14-21(29)32-6)28-33(31)23(2,3)4/h9-13,15,28H,14H2,1-6H3,(H,27,30). The van der Waals surface area contributed by atoms with Gasteiger partial charge < -0.3 is 14.6 Å². The van der Waals surface area contributed by atoms with E-state index in [0.29, 0.717) is 5.56 Å². The van der Waals surface area contributed by atoms with E-state index in [1.807, 2.05) is 0 Å². The molecule has 0 spiro atoms. The van der Waals surface area contributed by atoms with Gasteiger partial charge in [-0.2, -0.15) is 0 Å². The zero-order valence-corrected chi connectivity index (χ0v) is 20.4. The number of rotatable bonds is 7. The van der Waals surface area contributed by atoms with Crippen LogP contribution in [0.3, 0.4) is 0 Å². The Morgan fingerprint density at radius 2 is 1.91 bits per heavy atom. The molecule has 0 bridgehead atoms. The largest absolute Gasteiger partial charge is 0.598 e. The molecule has 2 N–H and O–H groups in total. The van der Waals surface area contributed by atoms with E-state index in [-0.39, 0.29) is 23.4 Å². The van der Waals surface area contributed by atoms with Crippen LogP contribution in [-0.4, -0.2) is 33.3 Å². The number of pyridine rings is 1. The van der Waals surface area contributed by atoms with Crippen molar-refractivity contribution in [2.24, 2.45) is 0 Å². The predicted octanol–water partition coefficient (Wildman–Crippen LogP) is 3.67. The van der Waals surface area contributed by atoms with E-state index in [4.69, 9.17) is 4.74 Å². The minimum atomic E-state index is -1.62. The summed E-state index contributed by atoms with van der Waals surface area (Å²) in [6.07, 6.45) is 1.21. The van der Waals surface area contributed by atoms with Gasteiger partial charge in [-0.25, -0.2) is 9.37 Å². The number of carbonyl (C=O) groups is 2. The number of hydrogen-bond acceptors (Lipinski definition) is 6. The molecule has 0 aliphatic rings. The Hall–Kier alpha value is -2.93. The van der Waals surface area contributed by atoms with Gasteiger partial charge in [-0.05, 0) is 65.0 Å². The van der Waals surface area contributed by atoms with Gasteiger partial charge in [-0.15, -0.1) is 10.6 Å². The van der Waals surface area contributed by atoms with Crippen molar-refractivity contribution in [1.29, 1.82) is 0 Å². The Kier molecular flexibility index (Phi) is 8.61. The molecule has 2 unspecified atom stereocenters. The zero-order valence-electron chi connectivity index (χ0n) is 19.5. The van der Waals surface area contributed by atoms with Crippen molar-refractivity contribution in [3.05, 3.63) is 59.2 Å². The number of nitrogens with zero attached hydrogens (tertiary/aromatic N) is 1. The van der Waals surface area contributed by atoms with E-state index >= 15 is 0 Å². The summed E-state index contributed by atoms with van der Waals surface area (Å²) in [6.45, 7) is 8.53. The molecule has 7 nitrogen and oxygen atoms in total. The van der Waals surface area contributed by atoms with Gasteiger partial charge in [0.25, 0.3) is 5.91 Å². The molecule has 1 aromatic carbocycles. The number of aromatic nitrogens is 1. The van der Waals surface area contributed by atoms with Crippen LogP contribution in [0.15, 0.2) is 36.5 Å². The molecule has 0 aliphatic carbocycles. The molecule has 33 heavy (non-hydrogen) atoms. The number of ether oxygens (including phenoxy) is 1. The molecule has 0 radical (unpaired) electrons. The molecular formula is C24H28FN3O4S. The first-order valence-corrected chi connectivity index (χ1v) is 11.3. The number of nitrogens with one attached hydrogen (secondary N) is 2.